The zero-order valence-corrected chi connectivity index (χ0v) is 12.4. The van der Waals surface area contributed by atoms with Gasteiger partial charge in [-0.05, 0) is 55.9 Å². The van der Waals surface area contributed by atoms with Gasteiger partial charge in [0.05, 0.1) is 5.52 Å². The van der Waals surface area contributed by atoms with Crippen LogP contribution in [0, 0.1) is 12.3 Å². The Hall–Kier alpha value is -1.77. The third kappa shape index (κ3) is 2.58. The van der Waals surface area contributed by atoms with Gasteiger partial charge in [0.25, 0.3) is 0 Å². The van der Waals surface area contributed by atoms with Crippen molar-refractivity contribution in [2.24, 2.45) is 5.41 Å². The van der Waals surface area contributed by atoms with E-state index in [1.54, 1.807) is 0 Å². The summed E-state index contributed by atoms with van der Waals surface area (Å²) < 4.78 is 0. The second kappa shape index (κ2) is 4.97. The maximum atomic E-state index is 5.92. The Labute approximate surface area is 120 Å². The molecule has 1 saturated carbocycles. The summed E-state index contributed by atoms with van der Waals surface area (Å²) in [7, 11) is 0. The van der Waals surface area contributed by atoms with Crippen molar-refractivity contribution < 1.29 is 0 Å². The fraction of sp³-hybridized carbons (Fsp3) is 0.471. The fourth-order valence-electron chi connectivity index (χ4n) is 3.03. The molecule has 1 aromatic carbocycles. The summed E-state index contributed by atoms with van der Waals surface area (Å²) in [4.78, 5) is 4.58. The Balaban J connectivity index is 1.88. The summed E-state index contributed by atoms with van der Waals surface area (Å²) in [5.74, 6) is 0. The lowest BCUT2D eigenvalue weighted by molar-refractivity contribution is 0.486. The summed E-state index contributed by atoms with van der Waals surface area (Å²) >= 11 is 0. The number of nitrogens with one attached hydrogen (secondary N) is 1. The van der Waals surface area contributed by atoms with Gasteiger partial charge in [0, 0.05) is 29.0 Å². The molecule has 1 fully saturated rings. The van der Waals surface area contributed by atoms with E-state index in [9.17, 15) is 0 Å². The Morgan fingerprint density at radius 3 is 2.80 bits per heavy atom. The summed E-state index contributed by atoms with van der Waals surface area (Å²) in [5, 5.41) is 4.78. The highest BCUT2D eigenvalue weighted by molar-refractivity contribution is 5.93. The molecule has 0 atom stereocenters. The van der Waals surface area contributed by atoms with Crippen LogP contribution in [0.3, 0.4) is 0 Å². The summed E-state index contributed by atoms with van der Waals surface area (Å²) in [6, 6.07) is 8.06. The Morgan fingerprint density at radius 1 is 1.30 bits per heavy atom. The molecule has 1 aliphatic carbocycles. The zero-order valence-electron chi connectivity index (χ0n) is 12.4. The first-order chi connectivity index (χ1) is 9.62. The first-order valence-electron chi connectivity index (χ1n) is 7.53. The molecular formula is C17H23N3. The van der Waals surface area contributed by atoms with Crippen molar-refractivity contribution in [3.63, 3.8) is 0 Å². The van der Waals surface area contributed by atoms with Gasteiger partial charge in [-0.2, -0.15) is 0 Å². The number of pyridine rings is 1. The number of anilines is 2. The third-order valence-electron chi connectivity index (χ3n) is 4.35. The molecule has 20 heavy (non-hydrogen) atoms. The summed E-state index contributed by atoms with van der Waals surface area (Å²) in [6.07, 6.45) is 5.31. The largest absolute Gasteiger partial charge is 0.399 e. The molecule has 3 N–H and O–H groups in total. The van der Waals surface area contributed by atoms with Gasteiger partial charge in [-0.3, -0.25) is 4.98 Å². The van der Waals surface area contributed by atoms with E-state index in [0.717, 1.165) is 28.8 Å². The van der Waals surface area contributed by atoms with Crippen LogP contribution in [0.2, 0.25) is 0 Å². The zero-order chi connectivity index (χ0) is 14.2. The molecule has 106 valence electrons. The van der Waals surface area contributed by atoms with Crippen molar-refractivity contribution in [3.05, 3.63) is 30.0 Å². The highest BCUT2D eigenvalue weighted by Crippen LogP contribution is 2.49. The van der Waals surface area contributed by atoms with Crippen molar-refractivity contribution in [1.82, 2.24) is 4.98 Å². The van der Waals surface area contributed by atoms with Crippen LogP contribution >= 0.6 is 0 Å². The number of hydrogen-bond acceptors (Lipinski definition) is 3. The molecule has 0 radical (unpaired) electrons. The predicted octanol–water partition coefficient (Wildman–Crippen LogP) is 4.12. The first-order valence-corrected chi connectivity index (χ1v) is 7.53. The molecule has 0 amide bonds. The van der Waals surface area contributed by atoms with Crippen LogP contribution in [0.15, 0.2) is 24.3 Å². The van der Waals surface area contributed by atoms with Gasteiger partial charge in [0.15, 0.2) is 0 Å². The Bertz CT molecular complexity index is 629. The maximum absolute atomic E-state index is 5.92. The molecule has 3 nitrogen and oxygen atoms in total. The van der Waals surface area contributed by atoms with Crippen molar-refractivity contribution in [3.8, 4) is 0 Å². The van der Waals surface area contributed by atoms with Gasteiger partial charge in [-0.15, -0.1) is 0 Å². The number of hydrogen-bond donors (Lipinski definition) is 2. The second-order valence-corrected chi connectivity index (χ2v) is 6.19. The van der Waals surface area contributed by atoms with E-state index in [0.29, 0.717) is 5.41 Å². The second-order valence-electron chi connectivity index (χ2n) is 6.19. The summed E-state index contributed by atoms with van der Waals surface area (Å²) in [6.45, 7) is 5.38. The highest BCUT2D eigenvalue weighted by Gasteiger charge is 2.41. The van der Waals surface area contributed by atoms with Gasteiger partial charge < -0.3 is 11.1 Å². The Morgan fingerprint density at radius 2 is 2.10 bits per heavy atom. The minimum Gasteiger partial charge on any atom is -0.399 e. The van der Waals surface area contributed by atoms with Crippen LogP contribution in [0.4, 0.5) is 11.4 Å². The number of nitrogens with zero attached hydrogens (tertiary/aromatic N) is 1. The first kappa shape index (κ1) is 13.2. The molecule has 3 rings (SSSR count). The van der Waals surface area contributed by atoms with Crippen LogP contribution in [0.25, 0.3) is 10.9 Å². The standard InChI is InChI=1S/C17H23N3/c1-3-6-17(7-8-17)11-19-16-9-12(2)20-15-5-4-13(18)10-14(15)16/h4-5,9-10H,3,6-8,11,18H2,1-2H3,(H,19,20). The predicted molar refractivity (Wildman–Crippen MR) is 86.0 cm³/mol. The number of benzene rings is 1. The van der Waals surface area contributed by atoms with Gasteiger partial charge in [-0.1, -0.05) is 13.3 Å². The molecular weight excluding hydrogens is 246 g/mol. The Kier molecular flexibility index (Phi) is 3.28. The van der Waals surface area contributed by atoms with E-state index in [1.807, 2.05) is 25.1 Å². The molecule has 3 heteroatoms. The molecule has 0 bridgehead atoms. The SMILES string of the molecule is CCCC1(CNc2cc(C)nc3ccc(N)cc23)CC1. The smallest absolute Gasteiger partial charge is 0.0727 e. The minimum atomic E-state index is 0.540. The van der Waals surface area contributed by atoms with Crippen molar-refractivity contribution in [1.29, 1.82) is 0 Å². The molecule has 0 unspecified atom stereocenters. The van der Waals surface area contributed by atoms with E-state index in [4.69, 9.17) is 5.73 Å². The van der Waals surface area contributed by atoms with Crippen LogP contribution in [-0.4, -0.2) is 11.5 Å². The maximum Gasteiger partial charge on any atom is 0.0727 e. The van der Waals surface area contributed by atoms with E-state index in [-0.39, 0.29) is 0 Å². The average molecular weight is 269 g/mol. The van der Waals surface area contributed by atoms with Crippen LogP contribution in [0.5, 0.6) is 0 Å². The highest BCUT2D eigenvalue weighted by atomic mass is 14.9. The molecule has 0 saturated heterocycles. The number of rotatable bonds is 5. The molecule has 2 aromatic rings. The number of aromatic nitrogens is 1. The molecule has 1 aromatic heterocycles. The lowest BCUT2D eigenvalue weighted by Crippen LogP contribution is -2.15. The van der Waals surface area contributed by atoms with Crippen LogP contribution < -0.4 is 11.1 Å². The molecule has 1 aliphatic rings. The van der Waals surface area contributed by atoms with Crippen molar-refractivity contribution >= 4 is 22.3 Å². The normalized spacial score (nSPS) is 16.3. The molecule has 0 spiro atoms. The van der Waals surface area contributed by atoms with E-state index >= 15 is 0 Å². The van der Waals surface area contributed by atoms with Crippen LogP contribution in [0.1, 0.15) is 38.3 Å². The minimum absolute atomic E-state index is 0.540. The summed E-state index contributed by atoms with van der Waals surface area (Å²) in [5.41, 5.74) is 10.5. The lowest BCUT2D eigenvalue weighted by Gasteiger charge is -2.17. The number of aryl methyl sites for hydroxylation is 1. The lowest BCUT2D eigenvalue weighted by atomic mass is 10.0. The third-order valence-corrected chi connectivity index (χ3v) is 4.35. The van der Waals surface area contributed by atoms with Gasteiger partial charge in [-0.25, -0.2) is 0 Å². The van der Waals surface area contributed by atoms with Crippen molar-refractivity contribution in [2.45, 2.75) is 39.5 Å². The van der Waals surface area contributed by atoms with Crippen LogP contribution in [-0.2, 0) is 0 Å². The number of fused-ring (bicyclic) bond motifs is 1. The number of nitrogen functional groups attached to an aromatic ring is 1. The van der Waals surface area contributed by atoms with E-state index in [2.05, 4.69) is 23.3 Å². The monoisotopic (exact) mass is 269 g/mol. The van der Waals surface area contributed by atoms with Gasteiger partial charge >= 0.3 is 0 Å². The van der Waals surface area contributed by atoms with E-state index < -0.39 is 0 Å². The van der Waals surface area contributed by atoms with Gasteiger partial charge in [0.1, 0.15) is 0 Å². The van der Waals surface area contributed by atoms with Gasteiger partial charge in [0.2, 0.25) is 0 Å². The van der Waals surface area contributed by atoms with E-state index in [1.165, 1.54) is 31.4 Å². The topological polar surface area (TPSA) is 50.9 Å². The van der Waals surface area contributed by atoms with Crippen molar-refractivity contribution in [2.75, 3.05) is 17.6 Å². The fourth-order valence-corrected chi connectivity index (χ4v) is 3.03. The molecule has 1 heterocycles. The molecule has 0 aliphatic heterocycles. The number of nitrogens with two attached hydrogens (primary N) is 1. The quantitative estimate of drug-likeness (QED) is 0.803. The average Bonchev–Trinajstić information content (AvgIpc) is 3.17.